The minimum absolute atomic E-state index is 0.00491. The van der Waals surface area contributed by atoms with Gasteiger partial charge in [0, 0.05) is 18.1 Å². The average molecular weight is 308 g/mol. The van der Waals surface area contributed by atoms with Crippen molar-refractivity contribution >= 4 is 6.09 Å². The van der Waals surface area contributed by atoms with Crippen LogP contribution in [0.3, 0.4) is 0 Å². The zero-order valence-corrected chi connectivity index (χ0v) is 13.4. The zero-order valence-electron chi connectivity index (χ0n) is 13.4. The molecule has 0 bridgehead atoms. The van der Waals surface area contributed by atoms with Crippen molar-refractivity contribution in [1.82, 2.24) is 10.6 Å². The molecule has 22 heavy (non-hydrogen) atoms. The minimum Gasteiger partial charge on any atom is -0.507 e. The highest BCUT2D eigenvalue weighted by molar-refractivity contribution is 5.68. The van der Waals surface area contributed by atoms with Gasteiger partial charge in [-0.1, -0.05) is 6.07 Å². The number of rotatable bonds is 4. The summed E-state index contributed by atoms with van der Waals surface area (Å²) in [5, 5.41) is 25.8. The van der Waals surface area contributed by atoms with Crippen molar-refractivity contribution in [2.45, 2.75) is 57.8 Å². The van der Waals surface area contributed by atoms with Crippen molar-refractivity contribution in [3.8, 4) is 11.5 Å². The molecule has 2 rings (SSSR count). The first kappa shape index (κ1) is 16.4. The predicted octanol–water partition coefficient (Wildman–Crippen LogP) is 2.41. The molecule has 0 saturated heterocycles. The highest BCUT2D eigenvalue weighted by Gasteiger charge is 2.40. The topological polar surface area (TPSA) is 90.8 Å². The number of hydrogen-bond acceptors (Lipinski definition) is 5. The second kappa shape index (κ2) is 6.04. The molecule has 0 aromatic heterocycles. The predicted molar refractivity (Wildman–Crippen MR) is 82.9 cm³/mol. The quantitative estimate of drug-likeness (QED) is 0.686. The Morgan fingerprint density at radius 1 is 1.27 bits per heavy atom. The number of hydrogen-bond donors (Lipinski definition) is 4. The Hall–Kier alpha value is -1.95. The summed E-state index contributed by atoms with van der Waals surface area (Å²) in [6.07, 6.45) is 0.359. The number of aromatic hydroxyl groups is 2. The molecule has 1 aromatic carbocycles. The molecule has 0 spiro atoms. The molecule has 1 aromatic rings. The summed E-state index contributed by atoms with van der Waals surface area (Å²) < 4.78 is 5.21. The van der Waals surface area contributed by atoms with E-state index >= 15 is 0 Å². The van der Waals surface area contributed by atoms with Crippen molar-refractivity contribution in [3.63, 3.8) is 0 Å². The Labute approximate surface area is 130 Å². The number of phenolic OH excluding ortho intramolecular Hbond substituents is 2. The van der Waals surface area contributed by atoms with Crippen LogP contribution in [0.4, 0.5) is 4.79 Å². The molecule has 1 saturated carbocycles. The van der Waals surface area contributed by atoms with Crippen LogP contribution in [0.1, 0.15) is 45.7 Å². The van der Waals surface area contributed by atoms with Crippen molar-refractivity contribution in [3.05, 3.63) is 23.8 Å². The molecule has 3 atom stereocenters. The summed E-state index contributed by atoms with van der Waals surface area (Å²) in [5.74, 6) is 0.106. The minimum atomic E-state index is -0.517. The SMILES string of the molecule is CC(NC1CC1NC(=O)OC(C)(C)C)c1c(O)cccc1O. The van der Waals surface area contributed by atoms with Gasteiger partial charge >= 0.3 is 6.09 Å². The van der Waals surface area contributed by atoms with Crippen LogP contribution < -0.4 is 10.6 Å². The van der Waals surface area contributed by atoms with Crippen LogP contribution in [0.15, 0.2) is 18.2 Å². The zero-order chi connectivity index (χ0) is 16.5. The molecular formula is C16H24N2O4. The van der Waals surface area contributed by atoms with Gasteiger partial charge in [0.2, 0.25) is 0 Å². The highest BCUT2D eigenvalue weighted by Crippen LogP contribution is 2.34. The number of ether oxygens (including phenoxy) is 1. The number of phenols is 2. The van der Waals surface area contributed by atoms with Crippen molar-refractivity contribution in [1.29, 1.82) is 0 Å². The van der Waals surface area contributed by atoms with Gasteiger partial charge in [-0.15, -0.1) is 0 Å². The molecule has 4 N–H and O–H groups in total. The Kier molecular flexibility index (Phi) is 4.51. The molecule has 0 aliphatic heterocycles. The van der Waals surface area contributed by atoms with E-state index in [0.29, 0.717) is 5.56 Å². The highest BCUT2D eigenvalue weighted by atomic mass is 16.6. The van der Waals surface area contributed by atoms with Gasteiger partial charge < -0.3 is 25.6 Å². The van der Waals surface area contributed by atoms with Gasteiger partial charge in [-0.2, -0.15) is 0 Å². The second-order valence-corrected chi connectivity index (χ2v) is 6.69. The Morgan fingerprint density at radius 3 is 2.41 bits per heavy atom. The summed E-state index contributed by atoms with van der Waals surface area (Å²) in [6.45, 7) is 7.31. The number of benzene rings is 1. The van der Waals surface area contributed by atoms with Gasteiger partial charge in [-0.05, 0) is 46.2 Å². The summed E-state index contributed by atoms with van der Waals surface area (Å²) in [5.41, 5.74) is -0.0537. The number of alkyl carbamates (subject to hydrolysis) is 1. The molecule has 6 heteroatoms. The van der Waals surface area contributed by atoms with E-state index in [4.69, 9.17) is 4.74 Å². The summed E-state index contributed by atoms with van der Waals surface area (Å²) in [4.78, 5) is 11.7. The monoisotopic (exact) mass is 308 g/mol. The van der Waals surface area contributed by atoms with Crippen molar-refractivity contribution in [2.75, 3.05) is 0 Å². The standard InChI is InChI=1S/C16H24N2O4/c1-9(14-12(19)6-5-7-13(14)20)17-10-8-11(10)18-15(21)22-16(2,3)4/h5-7,9-11,17,19-20H,8H2,1-4H3,(H,18,21). The summed E-state index contributed by atoms with van der Waals surface area (Å²) in [6, 6.07) is 4.54. The molecule has 122 valence electrons. The maximum Gasteiger partial charge on any atom is 0.407 e. The lowest BCUT2D eigenvalue weighted by Gasteiger charge is -2.20. The average Bonchev–Trinajstić information content (AvgIpc) is 3.03. The fraction of sp³-hybridized carbons (Fsp3) is 0.562. The fourth-order valence-corrected chi connectivity index (χ4v) is 2.39. The molecule has 0 radical (unpaired) electrons. The third-order valence-electron chi connectivity index (χ3n) is 3.45. The van der Waals surface area contributed by atoms with Gasteiger partial charge in [-0.3, -0.25) is 0 Å². The van der Waals surface area contributed by atoms with E-state index in [1.165, 1.54) is 12.1 Å². The van der Waals surface area contributed by atoms with Gasteiger partial charge in [0.05, 0.1) is 5.56 Å². The summed E-state index contributed by atoms with van der Waals surface area (Å²) in [7, 11) is 0. The van der Waals surface area contributed by atoms with Crippen LogP contribution in [-0.4, -0.2) is 34.0 Å². The molecule has 1 amide bonds. The van der Waals surface area contributed by atoms with Crippen LogP contribution in [0.5, 0.6) is 11.5 Å². The van der Waals surface area contributed by atoms with Gasteiger partial charge in [0.25, 0.3) is 0 Å². The van der Waals surface area contributed by atoms with Crippen molar-refractivity contribution < 1.29 is 19.7 Å². The van der Waals surface area contributed by atoms with E-state index in [9.17, 15) is 15.0 Å². The van der Waals surface area contributed by atoms with Crippen LogP contribution in [0.25, 0.3) is 0 Å². The first-order chi connectivity index (χ1) is 10.2. The molecule has 1 fully saturated rings. The molecule has 1 aliphatic rings. The normalized spacial score (nSPS) is 22.0. The van der Waals surface area contributed by atoms with E-state index in [1.54, 1.807) is 6.07 Å². The fourth-order valence-electron chi connectivity index (χ4n) is 2.39. The molecular weight excluding hydrogens is 284 g/mol. The molecule has 6 nitrogen and oxygen atoms in total. The number of carbonyl (C=O) groups excluding carboxylic acids is 1. The van der Waals surface area contributed by atoms with Crippen LogP contribution >= 0.6 is 0 Å². The number of amides is 1. The van der Waals surface area contributed by atoms with Crippen LogP contribution in [0, 0.1) is 0 Å². The lowest BCUT2D eigenvalue weighted by Crippen LogP contribution is -2.37. The first-order valence-electron chi connectivity index (χ1n) is 7.44. The molecule has 1 aliphatic carbocycles. The van der Waals surface area contributed by atoms with Crippen molar-refractivity contribution in [2.24, 2.45) is 0 Å². The first-order valence-corrected chi connectivity index (χ1v) is 7.44. The molecule has 0 heterocycles. The van der Waals surface area contributed by atoms with E-state index < -0.39 is 11.7 Å². The molecule has 3 unspecified atom stereocenters. The Bertz CT molecular complexity index is 533. The van der Waals surface area contributed by atoms with E-state index in [0.717, 1.165) is 6.42 Å². The van der Waals surface area contributed by atoms with E-state index in [-0.39, 0.29) is 29.6 Å². The van der Waals surface area contributed by atoms with Gasteiger partial charge in [-0.25, -0.2) is 4.79 Å². The lowest BCUT2D eigenvalue weighted by molar-refractivity contribution is 0.0521. The lowest BCUT2D eigenvalue weighted by atomic mass is 10.1. The van der Waals surface area contributed by atoms with Crippen LogP contribution in [0.2, 0.25) is 0 Å². The van der Waals surface area contributed by atoms with Gasteiger partial charge in [0.15, 0.2) is 0 Å². The number of carbonyl (C=O) groups is 1. The summed E-state index contributed by atoms with van der Waals surface area (Å²) >= 11 is 0. The Balaban J connectivity index is 1.85. The van der Waals surface area contributed by atoms with E-state index in [1.807, 2.05) is 27.7 Å². The maximum absolute atomic E-state index is 11.7. The smallest absolute Gasteiger partial charge is 0.407 e. The van der Waals surface area contributed by atoms with E-state index in [2.05, 4.69) is 10.6 Å². The maximum atomic E-state index is 11.7. The Morgan fingerprint density at radius 2 is 1.86 bits per heavy atom. The second-order valence-electron chi connectivity index (χ2n) is 6.69. The third-order valence-corrected chi connectivity index (χ3v) is 3.45. The third kappa shape index (κ3) is 4.27. The largest absolute Gasteiger partial charge is 0.507 e. The number of nitrogens with one attached hydrogen (secondary N) is 2. The van der Waals surface area contributed by atoms with Gasteiger partial charge in [0.1, 0.15) is 17.1 Å². The van der Waals surface area contributed by atoms with Crippen LogP contribution in [-0.2, 0) is 4.74 Å².